The summed E-state index contributed by atoms with van der Waals surface area (Å²) in [5.74, 6) is 0.796. The number of rotatable bonds is 2. The minimum atomic E-state index is -3.52. The molecule has 4 aliphatic rings. The lowest BCUT2D eigenvalue weighted by Gasteiger charge is -2.43. The molecule has 2 aliphatic heterocycles. The monoisotopic (exact) mass is 457 g/mol. The number of benzene rings is 1. The van der Waals surface area contributed by atoms with Crippen LogP contribution in [0.25, 0.3) is 0 Å². The Bertz CT molecular complexity index is 1260. The van der Waals surface area contributed by atoms with Gasteiger partial charge in [0, 0.05) is 5.69 Å². The Kier molecular flexibility index (Phi) is 4.44. The third-order valence-electron chi connectivity index (χ3n) is 7.24. The molecule has 1 aromatic carbocycles. The van der Waals surface area contributed by atoms with Crippen LogP contribution in [0.4, 0.5) is 10.5 Å². The molecule has 3 heterocycles. The molecule has 3 N–H and O–H groups in total. The highest BCUT2D eigenvalue weighted by Crippen LogP contribution is 2.43. The number of nitrogens with zero attached hydrogens (tertiary/aromatic N) is 3. The van der Waals surface area contributed by atoms with E-state index in [2.05, 4.69) is 27.8 Å². The topological polar surface area (TPSA) is 121 Å². The molecule has 1 spiro atoms. The summed E-state index contributed by atoms with van der Waals surface area (Å²) < 4.78 is 30.0. The Morgan fingerprint density at radius 1 is 1.31 bits per heavy atom. The molecule has 2 aromatic rings. The second-order valence-corrected chi connectivity index (χ2v) is 11.4. The first-order chi connectivity index (χ1) is 15.4. The van der Waals surface area contributed by atoms with Crippen molar-refractivity contribution in [3.8, 4) is 5.88 Å². The summed E-state index contributed by atoms with van der Waals surface area (Å²) >= 11 is 0. The summed E-state index contributed by atoms with van der Waals surface area (Å²) in [6.07, 6.45) is 6.42. The zero-order chi connectivity index (χ0) is 22.1. The molecule has 0 radical (unpaired) electrons. The number of fused-ring (bicyclic) bond motifs is 3. The van der Waals surface area contributed by atoms with Gasteiger partial charge in [-0.1, -0.05) is 13.0 Å². The Morgan fingerprint density at radius 3 is 2.94 bits per heavy atom. The lowest BCUT2D eigenvalue weighted by atomic mass is 9.86. The Labute approximate surface area is 187 Å². The number of aromatic nitrogens is 2. The molecule has 2 aliphatic carbocycles. The summed E-state index contributed by atoms with van der Waals surface area (Å²) in [5, 5.41) is 13.3. The minimum Gasteiger partial charge on any atom is -0.476 e. The lowest BCUT2D eigenvalue weighted by Crippen LogP contribution is -2.52. The van der Waals surface area contributed by atoms with E-state index in [-0.39, 0.29) is 10.3 Å². The lowest BCUT2D eigenvalue weighted by molar-refractivity contribution is -0.154. The van der Waals surface area contributed by atoms with E-state index in [1.807, 2.05) is 0 Å². The number of urea groups is 1. The van der Waals surface area contributed by atoms with Crippen LogP contribution in [0.5, 0.6) is 5.88 Å². The number of ether oxygens (including phenoxy) is 2. The SMILES string of the molecule is CC1CCc2c1cc1c(c2NC(=O)N=S(N)(=O)c2cnn3c2OCC2(COC2)C3)CCC1. The van der Waals surface area contributed by atoms with Gasteiger partial charge in [-0.05, 0) is 60.3 Å². The van der Waals surface area contributed by atoms with E-state index in [4.69, 9.17) is 14.6 Å². The number of amides is 2. The molecule has 170 valence electrons. The first-order valence-electron chi connectivity index (χ1n) is 11.2. The molecule has 6 rings (SSSR count). The van der Waals surface area contributed by atoms with E-state index >= 15 is 0 Å². The Hall–Kier alpha value is -2.43. The summed E-state index contributed by atoms with van der Waals surface area (Å²) in [6, 6.07) is 1.61. The van der Waals surface area contributed by atoms with E-state index in [0.717, 1.165) is 37.8 Å². The molecule has 1 fully saturated rings. The zero-order valence-electron chi connectivity index (χ0n) is 18.1. The number of nitrogens with two attached hydrogens (primary N) is 1. The number of aryl methyl sites for hydroxylation is 1. The van der Waals surface area contributed by atoms with Crippen molar-refractivity contribution in [2.75, 3.05) is 25.1 Å². The van der Waals surface area contributed by atoms with Crippen LogP contribution >= 0.6 is 0 Å². The summed E-state index contributed by atoms with van der Waals surface area (Å²) in [6.45, 7) is 4.48. The Morgan fingerprint density at radius 2 is 2.16 bits per heavy atom. The summed E-state index contributed by atoms with van der Waals surface area (Å²) in [5.41, 5.74) is 5.74. The van der Waals surface area contributed by atoms with Crippen LogP contribution in [0, 0.1) is 5.41 Å². The summed E-state index contributed by atoms with van der Waals surface area (Å²) in [4.78, 5) is 13.1. The van der Waals surface area contributed by atoms with Crippen molar-refractivity contribution in [2.45, 2.75) is 56.4 Å². The molecule has 2 unspecified atom stereocenters. The van der Waals surface area contributed by atoms with Crippen LogP contribution in [0.15, 0.2) is 21.5 Å². The average molecular weight is 458 g/mol. The highest BCUT2D eigenvalue weighted by Gasteiger charge is 2.44. The molecular weight excluding hydrogens is 430 g/mol. The fourth-order valence-corrected chi connectivity index (χ4v) is 6.46. The van der Waals surface area contributed by atoms with Gasteiger partial charge < -0.3 is 14.8 Å². The van der Waals surface area contributed by atoms with Crippen LogP contribution in [0.1, 0.15) is 47.9 Å². The number of hydrogen-bond acceptors (Lipinski definition) is 5. The van der Waals surface area contributed by atoms with Crippen molar-refractivity contribution in [1.29, 1.82) is 0 Å². The second-order valence-electron chi connectivity index (χ2n) is 9.59. The van der Waals surface area contributed by atoms with E-state index in [1.54, 1.807) is 4.68 Å². The van der Waals surface area contributed by atoms with Crippen LogP contribution in [0.2, 0.25) is 0 Å². The number of anilines is 1. The molecule has 2 atom stereocenters. The van der Waals surface area contributed by atoms with Crippen molar-refractivity contribution in [2.24, 2.45) is 14.9 Å². The molecule has 2 amide bonds. The third-order valence-corrected chi connectivity index (χ3v) is 8.59. The van der Waals surface area contributed by atoms with Crippen LogP contribution < -0.4 is 15.2 Å². The first-order valence-corrected chi connectivity index (χ1v) is 12.7. The fraction of sp³-hybridized carbons (Fsp3) is 0.545. The third kappa shape index (κ3) is 3.07. The predicted molar refractivity (Wildman–Crippen MR) is 118 cm³/mol. The highest BCUT2D eigenvalue weighted by atomic mass is 32.2. The van der Waals surface area contributed by atoms with Crippen molar-refractivity contribution < 1.29 is 18.5 Å². The van der Waals surface area contributed by atoms with E-state index < -0.39 is 15.9 Å². The maximum absolute atomic E-state index is 13.3. The van der Waals surface area contributed by atoms with Gasteiger partial charge in [-0.3, -0.25) is 0 Å². The normalized spacial score (nSPS) is 24.0. The van der Waals surface area contributed by atoms with Gasteiger partial charge in [-0.15, -0.1) is 4.36 Å². The molecule has 1 aromatic heterocycles. The Balaban J connectivity index is 1.31. The van der Waals surface area contributed by atoms with E-state index in [9.17, 15) is 9.00 Å². The highest BCUT2D eigenvalue weighted by molar-refractivity contribution is 7.91. The largest absolute Gasteiger partial charge is 0.476 e. The molecule has 0 bridgehead atoms. The standard InChI is InChI=1S/C22H27N5O4S/c1-13-5-6-16-17(13)7-14-3-2-4-15(14)19(16)25-21(28)26-32(23,29)18-8-24-27-9-22(10-30-11-22)12-31-20(18)27/h7-8,13H,2-6,9-12H2,1H3,(H3,23,25,26,28,29). The molecule has 0 saturated carbocycles. The van der Waals surface area contributed by atoms with Crippen LogP contribution in [-0.4, -0.2) is 39.8 Å². The first kappa shape index (κ1) is 20.2. The minimum absolute atomic E-state index is 0.0918. The quantitative estimate of drug-likeness (QED) is 0.718. The van der Waals surface area contributed by atoms with Crippen LogP contribution in [-0.2, 0) is 40.5 Å². The van der Waals surface area contributed by atoms with Gasteiger partial charge in [-0.2, -0.15) is 5.10 Å². The van der Waals surface area contributed by atoms with Crippen LogP contribution in [0.3, 0.4) is 0 Å². The molecule has 32 heavy (non-hydrogen) atoms. The van der Waals surface area contributed by atoms with Crippen molar-refractivity contribution in [1.82, 2.24) is 9.78 Å². The number of carbonyl (C=O) groups excluding carboxylic acids is 1. The number of nitrogens with one attached hydrogen (secondary N) is 1. The predicted octanol–water partition coefficient (Wildman–Crippen LogP) is 2.76. The second kappa shape index (κ2) is 7.03. The maximum Gasteiger partial charge on any atom is 0.354 e. The van der Waals surface area contributed by atoms with Crippen molar-refractivity contribution in [3.05, 3.63) is 34.5 Å². The molecular formula is C22H27N5O4S. The van der Waals surface area contributed by atoms with Crippen molar-refractivity contribution >= 4 is 21.6 Å². The van der Waals surface area contributed by atoms with Gasteiger partial charge in [0.05, 0.1) is 31.4 Å². The number of carbonyl (C=O) groups is 1. The van der Waals surface area contributed by atoms with E-state index in [1.165, 1.54) is 28.5 Å². The fourth-order valence-electron chi connectivity index (χ4n) is 5.46. The number of hydrogen-bond donors (Lipinski definition) is 2. The molecule has 10 heteroatoms. The average Bonchev–Trinajstić information content (AvgIpc) is 3.44. The molecule has 1 saturated heterocycles. The van der Waals surface area contributed by atoms with E-state index in [0.29, 0.717) is 38.2 Å². The molecule has 9 nitrogen and oxygen atoms in total. The van der Waals surface area contributed by atoms with Gasteiger partial charge in [0.25, 0.3) is 0 Å². The smallest absolute Gasteiger partial charge is 0.354 e. The van der Waals surface area contributed by atoms with Gasteiger partial charge in [-0.25, -0.2) is 18.8 Å². The van der Waals surface area contributed by atoms with Gasteiger partial charge in [0.1, 0.15) is 11.5 Å². The van der Waals surface area contributed by atoms with Crippen molar-refractivity contribution in [3.63, 3.8) is 0 Å². The van der Waals surface area contributed by atoms with Gasteiger partial charge >= 0.3 is 6.03 Å². The summed E-state index contributed by atoms with van der Waals surface area (Å²) in [7, 11) is -3.52. The maximum atomic E-state index is 13.3. The van der Waals surface area contributed by atoms with Gasteiger partial charge in [0.2, 0.25) is 5.88 Å². The van der Waals surface area contributed by atoms with Gasteiger partial charge in [0.15, 0.2) is 9.92 Å². The zero-order valence-corrected chi connectivity index (χ0v) is 18.9.